The standard InChI is InChI=1S/C38H24N6/c1-4-14-25(15-5-1)36-40-37(26-16-6-2-7-17-26)42-38(41-36)44-31-23-13-11-21-29(31)35-33(44)24-32-34(39-35)28-20-10-12-22-30(28)43(32)27-18-8-3-9-19-27/h1-24H. The van der Waals surface area contributed by atoms with Gasteiger partial charge < -0.3 is 4.57 Å². The van der Waals surface area contributed by atoms with Gasteiger partial charge in [0.15, 0.2) is 11.6 Å². The molecule has 0 saturated heterocycles. The zero-order valence-electron chi connectivity index (χ0n) is 23.5. The number of hydrogen-bond acceptors (Lipinski definition) is 4. The molecule has 4 aromatic heterocycles. The summed E-state index contributed by atoms with van der Waals surface area (Å²) in [4.78, 5) is 20.5. The molecule has 0 aliphatic heterocycles. The fourth-order valence-corrected chi connectivity index (χ4v) is 6.20. The van der Waals surface area contributed by atoms with Gasteiger partial charge in [-0.25, -0.2) is 9.97 Å². The average Bonchev–Trinajstić information content (AvgIpc) is 3.60. The van der Waals surface area contributed by atoms with E-state index in [2.05, 4.69) is 81.9 Å². The number of pyridine rings is 1. The number of para-hydroxylation sites is 3. The van der Waals surface area contributed by atoms with Crippen LogP contribution in [-0.4, -0.2) is 29.1 Å². The van der Waals surface area contributed by atoms with Crippen molar-refractivity contribution in [1.82, 2.24) is 29.1 Å². The van der Waals surface area contributed by atoms with Gasteiger partial charge in [-0.15, -0.1) is 0 Å². The lowest BCUT2D eigenvalue weighted by molar-refractivity contribution is 0.953. The van der Waals surface area contributed by atoms with Gasteiger partial charge in [-0.3, -0.25) is 4.57 Å². The van der Waals surface area contributed by atoms with E-state index >= 15 is 0 Å². The van der Waals surface area contributed by atoms with Crippen LogP contribution in [0.3, 0.4) is 0 Å². The molecule has 0 saturated carbocycles. The molecule has 0 fully saturated rings. The number of rotatable bonds is 4. The molecule has 9 rings (SSSR count). The summed E-state index contributed by atoms with van der Waals surface area (Å²) >= 11 is 0. The first kappa shape index (κ1) is 24.5. The highest BCUT2D eigenvalue weighted by Crippen LogP contribution is 2.37. The Morgan fingerprint density at radius 3 is 1.39 bits per heavy atom. The minimum absolute atomic E-state index is 0.549. The van der Waals surface area contributed by atoms with Crippen molar-refractivity contribution in [1.29, 1.82) is 0 Å². The van der Waals surface area contributed by atoms with Crippen molar-refractivity contribution in [2.24, 2.45) is 0 Å². The minimum Gasteiger partial charge on any atom is -0.308 e. The van der Waals surface area contributed by atoms with E-state index in [4.69, 9.17) is 19.9 Å². The smallest absolute Gasteiger partial charge is 0.238 e. The molecule has 0 N–H and O–H groups in total. The maximum absolute atomic E-state index is 5.37. The normalized spacial score (nSPS) is 11.6. The monoisotopic (exact) mass is 564 g/mol. The van der Waals surface area contributed by atoms with Gasteiger partial charge in [-0.2, -0.15) is 9.97 Å². The van der Waals surface area contributed by atoms with Crippen LogP contribution in [0.1, 0.15) is 0 Å². The Hall–Kier alpha value is -6.14. The molecule has 0 bridgehead atoms. The van der Waals surface area contributed by atoms with Crippen molar-refractivity contribution in [3.63, 3.8) is 0 Å². The summed E-state index contributed by atoms with van der Waals surface area (Å²) in [5.41, 5.74) is 8.87. The van der Waals surface area contributed by atoms with E-state index < -0.39 is 0 Å². The maximum atomic E-state index is 5.37. The largest absolute Gasteiger partial charge is 0.308 e. The number of aromatic nitrogens is 6. The van der Waals surface area contributed by atoms with Crippen LogP contribution >= 0.6 is 0 Å². The van der Waals surface area contributed by atoms with Crippen LogP contribution in [0, 0.1) is 0 Å². The second-order valence-electron chi connectivity index (χ2n) is 10.8. The summed E-state index contributed by atoms with van der Waals surface area (Å²) in [6, 6.07) is 49.6. The lowest BCUT2D eigenvalue weighted by Gasteiger charge is -2.11. The van der Waals surface area contributed by atoms with E-state index in [1.54, 1.807) is 0 Å². The lowest BCUT2D eigenvalue weighted by atomic mass is 10.2. The second-order valence-corrected chi connectivity index (χ2v) is 10.8. The average molecular weight is 565 g/mol. The molecule has 0 aliphatic carbocycles. The number of hydrogen-bond donors (Lipinski definition) is 0. The van der Waals surface area contributed by atoms with Gasteiger partial charge in [0.05, 0.1) is 33.1 Å². The predicted molar refractivity (Wildman–Crippen MR) is 177 cm³/mol. The summed E-state index contributed by atoms with van der Waals surface area (Å²) in [7, 11) is 0. The van der Waals surface area contributed by atoms with Crippen LogP contribution in [0.25, 0.3) is 78.3 Å². The van der Waals surface area contributed by atoms with Crippen LogP contribution in [0.4, 0.5) is 0 Å². The van der Waals surface area contributed by atoms with Crippen molar-refractivity contribution in [2.45, 2.75) is 0 Å². The molecule has 6 heteroatoms. The molecule has 5 aromatic carbocycles. The molecular formula is C38H24N6. The molecule has 0 atom stereocenters. The SMILES string of the molecule is c1ccc(-c2nc(-c3ccccc3)nc(-n3c4ccccc4c4nc5c6ccccc6n(-c6ccccc6)c5cc43)n2)cc1. The van der Waals surface area contributed by atoms with Crippen LogP contribution < -0.4 is 0 Å². The summed E-state index contributed by atoms with van der Waals surface area (Å²) in [6.07, 6.45) is 0. The first-order valence-electron chi connectivity index (χ1n) is 14.6. The van der Waals surface area contributed by atoms with E-state index in [0.29, 0.717) is 17.6 Å². The quantitative estimate of drug-likeness (QED) is 0.214. The van der Waals surface area contributed by atoms with Gasteiger partial charge in [0.1, 0.15) is 0 Å². The van der Waals surface area contributed by atoms with E-state index in [1.807, 2.05) is 72.8 Å². The Balaban J connectivity index is 1.41. The highest BCUT2D eigenvalue weighted by molar-refractivity contribution is 6.15. The van der Waals surface area contributed by atoms with Gasteiger partial charge in [0.2, 0.25) is 5.95 Å². The molecule has 0 unspecified atom stereocenters. The van der Waals surface area contributed by atoms with Crippen molar-refractivity contribution in [3.05, 3.63) is 146 Å². The highest BCUT2D eigenvalue weighted by Gasteiger charge is 2.21. The molecule has 6 nitrogen and oxygen atoms in total. The van der Waals surface area contributed by atoms with Gasteiger partial charge >= 0.3 is 0 Å². The van der Waals surface area contributed by atoms with Gasteiger partial charge in [-0.1, -0.05) is 115 Å². The van der Waals surface area contributed by atoms with Gasteiger partial charge in [-0.05, 0) is 30.3 Å². The van der Waals surface area contributed by atoms with Gasteiger partial charge in [0, 0.05) is 27.6 Å². The second kappa shape index (κ2) is 9.71. The van der Waals surface area contributed by atoms with Crippen LogP contribution in [0.15, 0.2) is 146 Å². The fourth-order valence-electron chi connectivity index (χ4n) is 6.20. The predicted octanol–water partition coefficient (Wildman–Crippen LogP) is 8.79. The topological polar surface area (TPSA) is 61.4 Å². The third kappa shape index (κ3) is 3.75. The number of fused-ring (bicyclic) bond motifs is 6. The van der Waals surface area contributed by atoms with Crippen molar-refractivity contribution in [3.8, 4) is 34.4 Å². The summed E-state index contributed by atoms with van der Waals surface area (Å²) in [5.74, 6) is 1.79. The van der Waals surface area contributed by atoms with Crippen molar-refractivity contribution >= 4 is 43.9 Å². The zero-order valence-corrected chi connectivity index (χ0v) is 23.5. The summed E-state index contributed by atoms with van der Waals surface area (Å²) < 4.78 is 4.42. The molecule has 44 heavy (non-hydrogen) atoms. The number of benzene rings is 5. The Labute approximate surface area is 252 Å². The molecule has 4 heterocycles. The third-order valence-electron chi connectivity index (χ3n) is 8.17. The van der Waals surface area contributed by atoms with E-state index in [-0.39, 0.29) is 0 Å². The minimum atomic E-state index is 0.549. The van der Waals surface area contributed by atoms with Crippen LogP contribution in [0.2, 0.25) is 0 Å². The first-order valence-corrected chi connectivity index (χ1v) is 14.6. The number of nitrogens with zero attached hydrogens (tertiary/aromatic N) is 6. The molecule has 0 aliphatic rings. The van der Waals surface area contributed by atoms with Crippen molar-refractivity contribution in [2.75, 3.05) is 0 Å². The lowest BCUT2D eigenvalue weighted by Crippen LogP contribution is -2.06. The van der Waals surface area contributed by atoms with Crippen LogP contribution in [-0.2, 0) is 0 Å². The van der Waals surface area contributed by atoms with E-state index in [1.165, 1.54) is 0 Å². The first-order chi connectivity index (χ1) is 21.8. The highest BCUT2D eigenvalue weighted by atomic mass is 15.2. The molecule has 206 valence electrons. The Morgan fingerprint density at radius 1 is 0.364 bits per heavy atom. The Morgan fingerprint density at radius 2 is 0.818 bits per heavy atom. The van der Waals surface area contributed by atoms with Crippen molar-refractivity contribution < 1.29 is 0 Å². The van der Waals surface area contributed by atoms with Gasteiger partial charge in [0.25, 0.3) is 0 Å². The summed E-state index contributed by atoms with van der Waals surface area (Å²) in [5, 5.41) is 2.16. The third-order valence-corrected chi connectivity index (χ3v) is 8.17. The summed E-state index contributed by atoms with van der Waals surface area (Å²) in [6.45, 7) is 0. The molecule has 9 aromatic rings. The molecule has 0 spiro atoms. The molecule has 0 amide bonds. The fraction of sp³-hybridized carbons (Fsp3) is 0. The van der Waals surface area contributed by atoms with E-state index in [9.17, 15) is 0 Å². The molecular weight excluding hydrogens is 540 g/mol. The zero-order chi connectivity index (χ0) is 29.0. The Bertz CT molecular complexity index is 2420. The maximum Gasteiger partial charge on any atom is 0.238 e. The van der Waals surface area contributed by atoms with Crippen LogP contribution in [0.5, 0.6) is 0 Å². The molecule has 0 radical (unpaired) electrons. The Kier molecular flexibility index (Phi) is 5.40. The van der Waals surface area contributed by atoms with E-state index in [0.717, 1.165) is 60.7 Å².